The van der Waals surface area contributed by atoms with Crippen LogP contribution in [0.5, 0.6) is 5.75 Å². The summed E-state index contributed by atoms with van der Waals surface area (Å²) in [6.45, 7) is 1.85. The first kappa shape index (κ1) is 17.6. The van der Waals surface area contributed by atoms with Gasteiger partial charge in [-0.2, -0.15) is 8.42 Å². The summed E-state index contributed by atoms with van der Waals surface area (Å²) in [6, 6.07) is 6.92. The maximum atomic E-state index is 12.8. The molecule has 138 valence electrons. The van der Waals surface area contributed by atoms with Gasteiger partial charge in [-0.3, -0.25) is 9.12 Å². The van der Waals surface area contributed by atoms with Crippen LogP contribution in [0.4, 0.5) is 5.69 Å². The molecule has 3 aromatic rings. The molecule has 3 heterocycles. The van der Waals surface area contributed by atoms with E-state index in [-0.39, 0.29) is 16.3 Å². The van der Waals surface area contributed by atoms with E-state index in [1.807, 2.05) is 13.1 Å². The van der Waals surface area contributed by atoms with E-state index in [1.54, 1.807) is 29.8 Å². The molecular weight excluding hydrogens is 396 g/mol. The number of hydrogen-bond donors (Lipinski definition) is 1. The first-order valence-corrected chi connectivity index (χ1v) is 10.8. The van der Waals surface area contributed by atoms with Crippen LogP contribution in [-0.2, 0) is 10.0 Å². The average Bonchev–Trinajstić information content (AvgIpc) is 3.23. The minimum atomic E-state index is -3.89. The maximum Gasteiger partial charge on any atom is 0.281 e. The van der Waals surface area contributed by atoms with Crippen molar-refractivity contribution in [2.45, 2.75) is 17.6 Å². The lowest BCUT2D eigenvalue weighted by atomic mass is 10.3. The van der Waals surface area contributed by atoms with Crippen molar-refractivity contribution in [2.24, 2.45) is 0 Å². The molecule has 1 aromatic carbocycles. The zero-order valence-corrected chi connectivity index (χ0v) is 16.3. The number of anilines is 1. The normalized spacial score (nSPS) is 18.5. The van der Waals surface area contributed by atoms with Crippen molar-refractivity contribution in [3.63, 3.8) is 0 Å². The van der Waals surface area contributed by atoms with E-state index in [4.69, 9.17) is 16.3 Å². The fourth-order valence-electron chi connectivity index (χ4n) is 3.00. The lowest BCUT2D eigenvalue weighted by Crippen LogP contribution is -2.21. The zero-order valence-electron chi connectivity index (χ0n) is 13.9. The Kier molecular flexibility index (Phi) is 4.55. The number of nitrogens with one attached hydrogen (secondary N) is 1. The van der Waals surface area contributed by atoms with Gasteiger partial charge in [0.1, 0.15) is 11.9 Å². The number of hydrogen-bond acceptors (Lipinski definition) is 6. The van der Waals surface area contributed by atoms with Crippen LogP contribution in [0.2, 0.25) is 5.15 Å². The van der Waals surface area contributed by atoms with Gasteiger partial charge in [-0.05, 0) is 25.6 Å². The number of imidazole rings is 1. The molecule has 0 spiro atoms. The Bertz CT molecular complexity index is 1050. The summed E-state index contributed by atoms with van der Waals surface area (Å²) < 4.78 is 35.6. The summed E-state index contributed by atoms with van der Waals surface area (Å²) in [7, 11) is -1.84. The SMILES string of the molecule is CN1CC[C@@H](Oc2cccc(NS(=O)(=O)c3c(Cl)nc4sccn34)c2)C1. The van der Waals surface area contributed by atoms with Crippen molar-refractivity contribution in [3.8, 4) is 5.75 Å². The molecule has 0 amide bonds. The van der Waals surface area contributed by atoms with Gasteiger partial charge >= 0.3 is 0 Å². The first-order valence-electron chi connectivity index (χ1n) is 8.01. The van der Waals surface area contributed by atoms with Gasteiger partial charge in [0, 0.05) is 30.7 Å². The highest BCUT2D eigenvalue weighted by molar-refractivity contribution is 7.92. The maximum absolute atomic E-state index is 12.8. The van der Waals surface area contributed by atoms with Gasteiger partial charge in [0.05, 0.1) is 5.69 Å². The number of thiazole rings is 1. The predicted molar refractivity (Wildman–Crippen MR) is 102 cm³/mol. The monoisotopic (exact) mass is 412 g/mol. The summed E-state index contributed by atoms with van der Waals surface area (Å²) in [4.78, 5) is 6.80. The van der Waals surface area contributed by atoms with Crippen LogP contribution in [0.15, 0.2) is 40.9 Å². The molecule has 4 rings (SSSR count). The van der Waals surface area contributed by atoms with Crippen LogP contribution in [0.25, 0.3) is 4.96 Å². The summed E-state index contributed by atoms with van der Waals surface area (Å²) in [5.74, 6) is 0.630. The van der Waals surface area contributed by atoms with Crippen LogP contribution in [0.3, 0.4) is 0 Å². The van der Waals surface area contributed by atoms with Gasteiger partial charge in [0.2, 0.25) is 0 Å². The molecule has 1 atom stereocenters. The van der Waals surface area contributed by atoms with Crippen LogP contribution >= 0.6 is 22.9 Å². The molecule has 7 nitrogen and oxygen atoms in total. The Morgan fingerprint density at radius 1 is 1.42 bits per heavy atom. The van der Waals surface area contributed by atoms with Gasteiger partial charge in [-0.25, -0.2) is 4.98 Å². The second-order valence-corrected chi connectivity index (χ2v) is 9.02. The van der Waals surface area contributed by atoms with Gasteiger partial charge in [-0.15, -0.1) is 11.3 Å². The van der Waals surface area contributed by atoms with E-state index >= 15 is 0 Å². The van der Waals surface area contributed by atoms with Gasteiger partial charge < -0.3 is 9.64 Å². The highest BCUT2D eigenvalue weighted by atomic mass is 35.5. The second-order valence-electron chi connectivity index (χ2n) is 6.19. The Morgan fingerprint density at radius 3 is 3.04 bits per heavy atom. The van der Waals surface area contributed by atoms with Crippen molar-refractivity contribution in [3.05, 3.63) is 41.0 Å². The molecule has 0 unspecified atom stereocenters. The smallest absolute Gasteiger partial charge is 0.281 e. The van der Waals surface area contributed by atoms with E-state index in [2.05, 4.69) is 14.6 Å². The fourth-order valence-corrected chi connectivity index (χ4v) is 5.50. The average molecular weight is 413 g/mol. The molecule has 1 N–H and O–H groups in total. The largest absolute Gasteiger partial charge is 0.489 e. The molecule has 0 radical (unpaired) electrons. The predicted octanol–water partition coefficient (Wildman–Crippen LogP) is 2.93. The van der Waals surface area contributed by atoms with E-state index in [1.165, 1.54) is 15.7 Å². The molecule has 0 aliphatic carbocycles. The summed E-state index contributed by atoms with van der Waals surface area (Å²) in [5, 5.41) is 1.63. The summed E-state index contributed by atoms with van der Waals surface area (Å²) >= 11 is 7.36. The van der Waals surface area contributed by atoms with E-state index in [0.717, 1.165) is 19.5 Å². The fraction of sp³-hybridized carbons (Fsp3) is 0.312. The Labute approximate surface area is 160 Å². The number of benzene rings is 1. The third-order valence-electron chi connectivity index (χ3n) is 4.17. The topological polar surface area (TPSA) is 75.9 Å². The molecule has 10 heteroatoms. The van der Waals surface area contributed by atoms with Crippen molar-refractivity contribution in [2.75, 3.05) is 24.9 Å². The van der Waals surface area contributed by atoms with Gasteiger partial charge in [0.15, 0.2) is 15.1 Å². The van der Waals surface area contributed by atoms with Gasteiger partial charge in [0.25, 0.3) is 10.0 Å². The van der Waals surface area contributed by atoms with Crippen molar-refractivity contribution >= 4 is 43.6 Å². The zero-order chi connectivity index (χ0) is 18.3. The summed E-state index contributed by atoms with van der Waals surface area (Å²) in [6.07, 6.45) is 2.69. The Hall–Kier alpha value is -1.81. The molecule has 1 aliphatic heterocycles. The quantitative estimate of drug-likeness (QED) is 0.697. The number of fused-ring (bicyclic) bond motifs is 1. The number of nitrogens with zero attached hydrogens (tertiary/aromatic N) is 3. The minimum absolute atomic E-state index is 0.0502. The van der Waals surface area contributed by atoms with Gasteiger partial charge in [-0.1, -0.05) is 17.7 Å². The number of halogens is 1. The number of ether oxygens (including phenoxy) is 1. The van der Waals surface area contributed by atoms with Crippen LogP contribution in [0, 0.1) is 0 Å². The second kappa shape index (κ2) is 6.73. The molecule has 1 fully saturated rings. The number of sulfonamides is 1. The number of likely N-dealkylation sites (tertiary alicyclic amines) is 1. The first-order chi connectivity index (χ1) is 12.4. The molecule has 26 heavy (non-hydrogen) atoms. The Balaban J connectivity index is 1.57. The Morgan fingerprint density at radius 2 is 2.27 bits per heavy atom. The number of aromatic nitrogens is 2. The van der Waals surface area contributed by atoms with Crippen molar-refractivity contribution < 1.29 is 13.2 Å². The molecule has 1 aliphatic rings. The number of rotatable bonds is 5. The third kappa shape index (κ3) is 3.39. The van der Waals surface area contributed by atoms with Crippen molar-refractivity contribution in [1.82, 2.24) is 14.3 Å². The standard InChI is InChI=1S/C16H17ClN4O3S2/c1-20-6-5-13(10-20)24-12-4-2-3-11(9-12)19-26(22,23)15-14(17)18-16-21(15)7-8-25-16/h2-4,7-9,13,19H,5-6,10H2,1H3/t13-/m1/s1. The van der Waals surface area contributed by atoms with E-state index < -0.39 is 10.0 Å². The lowest BCUT2D eigenvalue weighted by molar-refractivity contribution is 0.208. The van der Waals surface area contributed by atoms with Crippen LogP contribution in [0.1, 0.15) is 6.42 Å². The van der Waals surface area contributed by atoms with Crippen LogP contribution in [-0.4, -0.2) is 48.9 Å². The molecule has 0 saturated carbocycles. The highest BCUT2D eigenvalue weighted by Gasteiger charge is 2.26. The van der Waals surface area contributed by atoms with E-state index in [9.17, 15) is 8.42 Å². The van der Waals surface area contributed by atoms with Crippen LogP contribution < -0.4 is 9.46 Å². The number of likely N-dealkylation sites (N-methyl/N-ethyl adjacent to an activating group) is 1. The highest BCUT2D eigenvalue weighted by Crippen LogP contribution is 2.28. The molecule has 1 saturated heterocycles. The van der Waals surface area contributed by atoms with E-state index in [0.29, 0.717) is 16.4 Å². The molecular formula is C16H17ClN4O3S2. The third-order valence-corrected chi connectivity index (χ3v) is 6.71. The van der Waals surface area contributed by atoms with Crippen molar-refractivity contribution in [1.29, 1.82) is 0 Å². The lowest BCUT2D eigenvalue weighted by Gasteiger charge is -2.15. The minimum Gasteiger partial charge on any atom is -0.489 e. The molecule has 0 bridgehead atoms. The molecule has 2 aromatic heterocycles. The summed E-state index contributed by atoms with van der Waals surface area (Å²) in [5.41, 5.74) is 0.412.